The highest BCUT2D eigenvalue weighted by molar-refractivity contribution is 7.10. The molecule has 1 aromatic heterocycles. The fraction of sp³-hybridized carbons (Fsp3) is 0.118. The van der Waals surface area contributed by atoms with Gasteiger partial charge in [-0.2, -0.15) is 0 Å². The standard InChI is InChI=1S/C17H15NO2S/c1-20-15-9-5-8-13(17(15)19)10-16-18-14(11-21-16)12-6-3-2-4-7-12/h2-9,11,19H,10H2,1H3. The predicted octanol–water partition coefficient (Wildman–Crippen LogP) is 4.12. The summed E-state index contributed by atoms with van der Waals surface area (Å²) < 4.78 is 5.13. The second-order valence-corrected chi connectivity index (χ2v) is 5.58. The zero-order valence-electron chi connectivity index (χ0n) is 11.6. The van der Waals surface area contributed by atoms with Gasteiger partial charge < -0.3 is 9.84 Å². The van der Waals surface area contributed by atoms with Crippen molar-refractivity contribution >= 4 is 11.3 Å². The minimum atomic E-state index is 0.191. The number of rotatable bonds is 4. The summed E-state index contributed by atoms with van der Waals surface area (Å²) in [5.74, 6) is 0.684. The molecule has 3 aromatic rings. The summed E-state index contributed by atoms with van der Waals surface area (Å²) in [6.07, 6.45) is 0.598. The zero-order valence-corrected chi connectivity index (χ0v) is 12.4. The molecule has 3 rings (SSSR count). The first-order valence-corrected chi connectivity index (χ1v) is 7.50. The van der Waals surface area contributed by atoms with Crippen molar-refractivity contribution in [2.24, 2.45) is 0 Å². The number of methoxy groups -OCH3 is 1. The van der Waals surface area contributed by atoms with Crippen LogP contribution in [0.15, 0.2) is 53.9 Å². The van der Waals surface area contributed by atoms with Crippen LogP contribution in [0.5, 0.6) is 11.5 Å². The van der Waals surface area contributed by atoms with Gasteiger partial charge in [-0.15, -0.1) is 11.3 Å². The van der Waals surface area contributed by atoms with Crippen LogP contribution in [-0.2, 0) is 6.42 Å². The van der Waals surface area contributed by atoms with Gasteiger partial charge in [0.15, 0.2) is 11.5 Å². The Balaban J connectivity index is 1.85. The summed E-state index contributed by atoms with van der Waals surface area (Å²) in [7, 11) is 1.55. The van der Waals surface area contributed by atoms with E-state index in [0.29, 0.717) is 12.2 Å². The smallest absolute Gasteiger partial charge is 0.161 e. The highest BCUT2D eigenvalue weighted by Crippen LogP contribution is 2.32. The molecular formula is C17H15NO2S. The van der Waals surface area contributed by atoms with E-state index in [1.807, 2.05) is 47.8 Å². The Morgan fingerprint density at radius 1 is 1.10 bits per heavy atom. The summed E-state index contributed by atoms with van der Waals surface area (Å²) in [6.45, 7) is 0. The highest BCUT2D eigenvalue weighted by Gasteiger charge is 2.10. The first-order valence-electron chi connectivity index (χ1n) is 6.62. The molecular weight excluding hydrogens is 282 g/mol. The van der Waals surface area contributed by atoms with Gasteiger partial charge in [-0.1, -0.05) is 42.5 Å². The molecule has 0 radical (unpaired) electrons. The van der Waals surface area contributed by atoms with Gasteiger partial charge >= 0.3 is 0 Å². The third-order valence-corrected chi connectivity index (χ3v) is 4.11. The molecule has 0 bridgehead atoms. The molecule has 0 aliphatic heterocycles. The van der Waals surface area contributed by atoms with E-state index >= 15 is 0 Å². The van der Waals surface area contributed by atoms with Crippen molar-refractivity contribution in [2.75, 3.05) is 7.11 Å². The second-order valence-electron chi connectivity index (χ2n) is 4.64. The lowest BCUT2D eigenvalue weighted by molar-refractivity contribution is 0.371. The lowest BCUT2D eigenvalue weighted by Crippen LogP contribution is -1.91. The third kappa shape index (κ3) is 2.90. The minimum absolute atomic E-state index is 0.191. The van der Waals surface area contributed by atoms with Gasteiger partial charge in [-0.3, -0.25) is 0 Å². The summed E-state index contributed by atoms with van der Waals surface area (Å²) >= 11 is 1.60. The summed E-state index contributed by atoms with van der Waals surface area (Å²) in [5.41, 5.74) is 2.90. The van der Waals surface area contributed by atoms with E-state index in [-0.39, 0.29) is 5.75 Å². The topological polar surface area (TPSA) is 42.4 Å². The molecule has 3 nitrogen and oxygen atoms in total. The van der Waals surface area contributed by atoms with E-state index in [2.05, 4.69) is 4.98 Å². The van der Waals surface area contributed by atoms with Crippen molar-refractivity contribution in [2.45, 2.75) is 6.42 Å². The van der Waals surface area contributed by atoms with Crippen LogP contribution in [0.3, 0.4) is 0 Å². The van der Waals surface area contributed by atoms with E-state index in [0.717, 1.165) is 21.8 Å². The van der Waals surface area contributed by atoms with Crippen LogP contribution in [0.2, 0.25) is 0 Å². The molecule has 0 aliphatic carbocycles. The number of nitrogens with zero attached hydrogens (tertiary/aromatic N) is 1. The van der Waals surface area contributed by atoms with Crippen LogP contribution in [0.1, 0.15) is 10.6 Å². The molecule has 106 valence electrons. The van der Waals surface area contributed by atoms with E-state index in [4.69, 9.17) is 4.74 Å². The molecule has 21 heavy (non-hydrogen) atoms. The van der Waals surface area contributed by atoms with Crippen LogP contribution in [-0.4, -0.2) is 17.2 Å². The van der Waals surface area contributed by atoms with Crippen molar-refractivity contribution in [3.8, 4) is 22.8 Å². The number of benzene rings is 2. The normalized spacial score (nSPS) is 10.5. The molecule has 4 heteroatoms. The number of thiazole rings is 1. The molecule has 0 saturated heterocycles. The number of phenolic OH excluding ortho intramolecular Hbond substituents is 1. The molecule has 0 spiro atoms. The van der Waals surface area contributed by atoms with Crippen molar-refractivity contribution in [3.05, 3.63) is 64.5 Å². The number of ether oxygens (including phenoxy) is 1. The van der Waals surface area contributed by atoms with Gasteiger partial charge in [-0.25, -0.2) is 4.98 Å². The maximum Gasteiger partial charge on any atom is 0.161 e. The summed E-state index contributed by atoms with van der Waals surface area (Å²) in [4.78, 5) is 4.64. The fourth-order valence-electron chi connectivity index (χ4n) is 2.17. The second kappa shape index (κ2) is 5.97. The molecule has 0 saturated carbocycles. The van der Waals surface area contributed by atoms with Crippen LogP contribution in [0.25, 0.3) is 11.3 Å². The van der Waals surface area contributed by atoms with Crippen molar-refractivity contribution in [1.29, 1.82) is 0 Å². The Bertz CT molecular complexity index is 738. The average Bonchev–Trinajstić information content (AvgIpc) is 2.99. The molecule has 0 aliphatic rings. The fourth-order valence-corrected chi connectivity index (χ4v) is 3.00. The highest BCUT2D eigenvalue weighted by atomic mass is 32.1. The van der Waals surface area contributed by atoms with Gasteiger partial charge in [0.25, 0.3) is 0 Å². The van der Waals surface area contributed by atoms with Crippen molar-refractivity contribution in [1.82, 2.24) is 4.98 Å². The average molecular weight is 297 g/mol. The zero-order chi connectivity index (χ0) is 14.7. The van der Waals surface area contributed by atoms with E-state index < -0.39 is 0 Å². The Labute approximate surface area is 127 Å². The number of aromatic hydroxyl groups is 1. The van der Waals surface area contributed by atoms with Crippen LogP contribution >= 0.6 is 11.3 Å². The predicted molar refractivity (Wildman–Crippen MR) is 85.0 cm³/mol. The van der Waals surface area contributed by atoms with E-state index in [1.165, 1.54) is 0 Å². The Kier molecular flexibility index (Phi) is 3.88. The number of phenols is 1. The Hall–Kier alpha value is -2.33. The Morgan fingerprint density at radius 2 is 1.90 bits per heavy atom. The maximum atomic E-state index is 10.1. The molecule has 1 N–H and O–H groups in total. The SMILES string of the molecule is COc1cccc(Cc2nc(-c3ccccc3)cs2)c1O. The summed E-state index contributed by atoms with van der Waals surface area (Å²) in [6, 6.07) is 15.6. The van der Waals surface area contributed by atoms with Crippen LogP contribution in [0, 0.1) is 0 Å². The molecule has 0 unspecified atom stereocenters. The summed E-state index contributed by atoms with van der Waals surface area (Å²) in [5, 5.41) is 13.1. The van der Waals surface area contributed by atoms with Gasteiger partial charge in [0, 0.05) is 22.9 Å². The Morgan fingerprint density at radius 3 is 2.67 bits per heavy atom. The van der Waals surface area contributed by atoms with Gasteiger partial charge in [0.05, 0.1) is 17.8 Å². The first kappa shape index (κ1) is 13.6. The first-order chi connectivity index (χ1) is 10.3. The molecule has 0 fully saturated rings. The number of para-hydroxylation sites is 1. The molecule has 2 aromatic carbocycles. The lowest BCUT2D eigenvalue weighted by Gasteiger charge is -2.07. The van der Waals surface area contributed by atoms with Crippen LogP contribution in [0.4, 0.5) is 0 Å². The van der Waals surface area contributed by atoms with E-state index in [9.17, 15) is 5.11 Å². The third-order valence-electron chi connectivity index (χ3n) is 3.27. The van der Waals surface area contributed by atoms with Gasteiger partial charge in [0.2, 0.25) is 0 Å². The van der Waals surface area contributed by atoms with Crippen molar-refractivity contribution in [3.63, 3.8) is 0 Å². The maximum absolute atomic E-state index is 10.1. The number of hydrogen-bond acceptors (Lipinski definition) is 4. The number of hydrogen-bond donors (Lipinski definition) is 1. The number of aromatic nitrogens is 1. The monoisotopic (exact) mass is 297 g/mol. The van der Waals surface area contributed by atoms with Crippen molar-refractivity contribution < 1.29 is 9.84 Å². The molecule has 0 atom stereocenters. The largest absolute Gasteiger partial charge is 0.504 e. The molecule has 1 heterocycles. The lowest BCUT2D eigenvalue weighted by atomic mass is 10.1. The molecule has 0 amide bonds. The van der Waals surface area contributed by atoms with Gasteiger partial charge in [0.1, 0.15) is 0 Å². The van der Waals surface area contributed by atoms with E-state index in [1.54, 1.807) is 24.5 Å². The minimum Gasteiger partial charge on any atom is -0.504 e. The van der Waals surface area contributed by atoms with Crippen LogP contribution < -0.4 is 4.74 Å². The quantitative estimate of drug-likeness (QED) is 0.788. The van der Waals surface area contributed by atoms with Gasteiger partial charge in [-0.05, 0) is 6.07 Å².